The van der Waals surface area contributed by atoms with Crippen molar-refractivity contribution in [3.05, 3.63) is 54.1 Å². The summed E-state index contributed by atoms with van der Waals surface area (Å²) in [4.78, 5) is 37.2. The van der Waals surface area contributed by atoms with Gasteiger partial charge >= 0.3 is 5.97 Å². The monoisotopic (exact) mass is 410 g/mol. The molecule has 2 amide bonds. The summed E-state index contributed by atoms with van der Waals surface area (Å²) in [5.74, 6) is -0.415. The van der Waals surface area contributed by atoms with Crippen molar-refractivity contribution in [1.29, 1.82) is 0 Å². The fraction of sp³-hybridized carbons (Fsp3) is 0.348. The van der Waals surface area contributed by atoms with Crippen LogP contribution in [0.2, 0.25) is 0 Å². The molecule has 1 unspecified atom stereocenters. The lowest BCUT2D eigenvalue weighted by Crippen LogP contribution is -2.28. The van der Waals surface area contributed by atoms with Gasteiger partial charge in [0.1, 0.15) is 5.75 Å². The van der Waals surface area contributed by atoms with E-state index in [2.05, 4.69) is 5.32 Å². The number of benzene rings is 2. The topological polar surface area (TPSA) is 95.9 Å². The zero-order valence-electron chi connectivity index (χ0n) is 17.3. The molecule has 1 saturated heterocycles. The Morgan fingerprint density at radius 3 is 2.30 bits per heavy atom. The van der Waals surface area contributed by atoms with Crippen molar-refractivity contribution in [2.75, 3.05) is 23.4 Å². The first-order valence-corrected chi connectivity index (χ1v) is 9.81. The number of hydrogen-bond acceptors (Lipinski definition) is 4. The number of nitrogens with one attached hydrogen (secondary N) is 1. The van der Waals surface area contributed by atoms with Crippen LogP contribution in [0.5, 0.6) is 5.75 Å². The van der Waals surface area contributed by atoms with Crippen molar-refractivity contribution in [3.8, 4) is 5.75 Å². The van der Waals surface area contributed by atoms with Crippen LogP contribution in [0.4, 0.5) is 11.4 Å². The van der Waals surface area contributed by atoms with Crippen LogP contribution in [0.15, 0.2) is 48.5 Å². The molecule has 0 bridgehead atoms. The Labute approximate surface area is 175 Å². The van der Waals surface area contributed by atoms with Crippen molar-refractivity contribution in [1.82, 2.24) is 0 Å². The van der Waals surface area contributed by atoms with Crippen molar-refractivity contribution < 1.29 is 24.2 Å². The van der Waals surface area contributed by atoms with E-state index in [9.17, 15) is 14.4 Å². The summed E-state index contributed by atoms with van der Waals surface area (Å²) in [6.45, 7) is 6.46. The number of carboxylic acid groups (broad SMARTS) is 1. The normalized spacial score (nSPS) is 16.4. The van der Waals surface area contributed by atoms with Crippen LogP contribution in [0.3, 0.4) is 0 Å². The first kappa shape index (κ1) is 21.4. The maximum Gasteiger partial charge on any atom is 0.335 e. The van der Waals surface area contributed by atoms with E-state index in [4.69, 9.17) is 9.84 Å². The van der Waals surface area contributed by atoms with Crippen LogP contribution in [-0.2, 0) is 9.59 Å². The van der Waals surface area contributed by atoms with Gasteiger partial charge in [-0.25, -0.2) is 4.79 Å². The van der Waals surface area contributed by atoms with Gasteiger partial charge in [0.25, 0.3) is 0 Å². The van der Waals surface area contributed by atoms with E-state index in [1.165, 1.54) is 12.1 Å². The zero-order valence-corrected chi connectivity index (χ0v) is 17.3. The number of aromatic carboxylic acids is 1. The van der Waals surface area contributed by atoms with Gasteiger partial charge < -0.3 is 20.1 Å². The lowest BCUT2D eigenvalue weighted by atomic mass is 9.95. The summed E-state index contributed by atoms with van der Waals surface area (Å²) in [6, 6.07) is 13.4. The van der Waals surface area contributed by atoms with E-state index in [1.807, 2.05) is 32.9 Å². The van der Waals surface area contributed by atoms with Gasteiger partial charge in [0, 0.05) is 35.7 Å². The average Bonchev–Trinajstić information content (AvgIpc) is 3.07. The largest absolute Gasteiger partial charge is 0.493 e. The summed E-state index contributed by atoms with van der Waals surface area (Å²) in [7, 11) is 0. The van der Waals surface area contributed by atoms with Crippen molar-refractivity contribution >= 4 is 29.2 Å². The molecule has 0 spiro atoms. The van der Waals surface area contributed by atoms with Crippen molar-refractivity contribution in [2.24, 2.45) is 11.3 Å². The van der Waals surface area contributed by atoms with Crippen LogP contribution in [0, 0.1) is 11.3 Å². The van der Waals surface area contributed by atoms with Crippen LogP contribution >= 0.6 is 0 Å². The molecule has 0 saturated carbocycles. The molecule has 7 heteroatoms. The fourth-order valence-corrected chi connectivity index (χ4v) is 3.09. The molecule has 2 aromatic carbocycles. The van der Waals surface area contributed by atoms with Gasteiger partial charge in [-0.1, -0.05) is 20.8 Å². The minimum absolute atomic E-state index is 0.0244. The van der Waals surface area contributed by atoms with Gasteiger partial charge in [0.05, 0.1) is 12.2 Å². The molecular weight excluding hydrogens is 384 g/mol. The number of carbonyl (C=O) groups excluding carboxylic acids is 2. The van der Waals surface area contributed by atoms with Gasteiger partial charge in [0.15, 0.2) is 0 Å². The molecule has 1 atom stereocenters. The molecule has 0 aromatic heterocycles. The van der Waals surface area contributed by atoms with E-state index in [-0.39, 0.29) is 23.3 Å². The number of carbonyl (C=O) groups is 3. The number of rotatable bonds is 6. The molecule has 7 nitrogen and oxygen atoms in total. The van der Waals surface area contributed by atoms with Crippen LogP contribution in [-0.4, -0.2) is 36.0 Å². The fourth-order valence-electron chi connectivity index (χ4n) is 3.09. The van der Waals surface area contributed by atoms with Gasteiger partial charge in [-0.05, 0) is 48.5 Å². The van der Waals surface area contributed by atoms with Crippen LogP contribution < -0.4 is 15.0 Å². The highest BCUT2D eigenvalue weighted by Gasteiger charge is 2.31. The molecule has 1 aliphatic heterocycles. The molecule has 0 radical (unpaired) electrons. The molecular formula is C23H26N2O5. The highest BCUT2D eigenvalue weighted by Crippen LogP contribution is 2.27. The quantitative estimate of drug-likeness (QED) is 0.755. The lowest BCUT2D eigenvalue weighted by molar-refractivity contribution is -0.123. The summed E-state index contributed by atoms with van der Waals surface area (Å²) >= 11 is 0. The highest BCUT2D eigenvalue weighted by atomic mass is 16.5. The van der Waals surface area contributed by atoms with E-state index in [0.29, 0.717) is 31.0 Å². The minimum Gasteiger partial charge on any atom is -0.493 e. The Bertz CT molecular complexity index is 930. The minimum atomic E-state index is -0.984. The van der Waals surface area contributed by atoms with Crippen molar-refractivity contribution in [3.63, 3.8) is 0 Å². The molecule has 0 aliphatic carbocycles. The van der Waals surface area contributed by atoms with Gasteiger partial charge in [0.2, 0.25) is 11.8 Å². The van der Waals surface area contributed by atoms with Crippen LogP contribution in [0.1, 0.15) is 37.6 Å². The number of hydrogen-bond donors (Lipinski definition) is 2. The van der Waals surface area contributed by atoms with Gasteiger partial charge in [-0.15, -0.1) is 0 Å². The summed E-state index contributed by atoms with van der Waals surface area (Å²) in [6.07, 6.45) is 0.385. The molecule has 1 aliphatic rings. The molecule has 158 valence electrons. The molecule has 1 heterocycles. The third-order valence-corrected chi connectivity index (χ3v) is 4.91. The van der Waals surface area contributed by atoms with Gasteiger partial charge in [-0.3, -0.25) is 9.59 Å². The lowest BCUT2D eigenvalue weighted by Gasteiger charge is -2.19. The molecule has 1 fully saturated rings. The summed E-state index contributed by atoms with van der Waals surface area (Å²) in [5.41, 5.74) is 1.19. The second-order valence-electron chi connectivity index (χ2n) is 8.47. The zero-order chi connectivity index (χ0) is 21.9. The second kappa shape index (κ2) is 8.57. The summed E-state index contributed by atoms with van der Waals surface area (Å²) in [5, 5.41) is 11.8. The predicted molar refractivity (Wildman–Crippen MR) is 114 cm³/mol. The number of ether oxygens (including phenoxy) is 1. The SMILES string of the molecule is CC(C)(C)C(=O)Nc1ccc(N2CC(COc3ccc(C(=O)O)cc3)CC2=O)cc1. The Morgan fingerprint density at radius 1 is 1.10 bits per heavy atom. The number of carboxylic acids is 1. The molecule has 30 heavy (non-hydrogen) atoms. The third kappa shape index (κ3) is 5.17. The Kier molecular flexibility index (Phi) is 6.10. The third-order valence-electron chi connectivity index (χ3n) is 4.91. The van der Waals surface area contributed by atoms with Crippen molar-refractivity contribution in [2.45, 2.75) is 27.2 Å². The summed E-state index contributed by atoms with van der Waals surface area (Å²) < 4.78 is 5.73. The van der Waals surface area contributed by atoms with Gasteiger partial charge in [-0.2, -0.15) is 0 Å². The maximum absolute atomic E-state index is 12.4. The molecule has 2 N–H and O–H groups in total. The Balaban J connectivity index is 1.56. The highest BCUT2D eigenvalue weighted by molar-refractivity contribution is 5.97. The standard InChI is InChI=1S/C23H26N2O5/c1-23(2,3)22(29)24-17-6-8-18(9-7-17)25-13-15(12-20(25)26)14-30-19-10-4-16(5-11-19)21(27)28/h4-11,15H,12-14H2,1-3H3,(H,24,29)(H,27,28). The van der Waals surface area contributed by atoms with E-state index in [1.54, 1.807) is 29.2 Å². The van der Waals surface area contributed by atoms with E-state index in [0.717, 1.165) is 5.69 Å². The first-order chi connectivity index (χ1) is 14.1. The molecule has 3 rings (SSSR count). The maximum atomic E-state index is 12.4. The molecule has 2 aromatic rings. The Morgan fingerprint density at radius 2 is 1.73 bits per heavy atom. The number of amides is 2. The first-order valence-electron chi connectivity index (χ1n) is 9.81. The Hall–Kier alpha value is -3.35. The smallest absolute Gasteiger partial charge is 0.335 e. The van der Waals surface area contributed by atoms with Crippen LogP contribution in [0.25, 0.3) is 0 Å². The van der Waals surface area contributed by atoms with E-state index < -0.39 is 11.4 Å². The average molecular weight is 410 g/mol. The second-order valence-corrected chi connectivity index (χ2v) is 8.47. The van der Waals surface area contributed by atoms with E-state index >= 15 is 0 Å². The predicted octanol–water partition coefficient (Wildman–Crippen LogP) is 3.80. The number of anilines is 2. The number of nitrogens with zero attached hydrogens (tertiary/aromatic N) is 1.